The maximum atomic E-state index is 12.0. The van der Waals surface area contributed by atoms with Crippen molar-refractivity contribution in [3.05, 3.63) is 71.8 Å². The average molecular weight is 299 g/mol. The minimum Gasteiger partial charge on any atom is -0.321 e. The Kier molecular flexibility index (Phi) is 3.66. The van der Waals surface area contributed by atoms with Crippen LogP contribution in [0.3, 0.4) is 0 Å². The summed E-state index contributed by atoms with van der Waals surface area (Å²) in [7, 11) is 0. The number of amides is 1. The Morgan fingerprint density at radius 2 is 1.95 bits per heavy atom. The van der Waals surface area contributed by atoms with Crippen molar-refractivity contribution in [1.82, 2.24) is 14.8 Å². The van der Waals surface area contributed by atoms with Gasteiger partial charge in [-0.05, 0) is 36.4 Å². The molecule has 5 nitrogen and oxygen atoms in total. The highest BCUT2D eigenvalue weighted by Gasteiger charge is 2.06. The average Bonchev–Trinajstić information content (AvgIpc) is 2.95. The zero-order valence-electron chi connectivity index (χ0n) is 10.9. The van der Waals surface area contributed by atoms with Crippen molar-refractivity contribution < 1.29 is 4.79 Å². The molecular formula is C15H11ClN4O. The molecule has 0 spiro atoms. The lowest BCUT2D eigenvalue weighted by atomic mass is 10.2. The van der Waals surface area contributed by atoms with E-state index in [0.29, 0.717) is 16.4 Å². The molecule has 1 aromatic carbocycles. The second kappa shape index (κ2) is 5.76. The van der Waals surface area contributed by atoms with Crippen LogP contribution in [0, 0.1) is 0 Å². The number of anilines is 1. The minimum atomic E-state index is -0.245. The van der Waals surface area contributed by atoms with Gasteiger partial charge in [0.15, 0.2) is 0 Å². The summed E-state index contributed by atoms with van der Waals surface area (Å²) in [5, 5.41) is 7.47. The first-order valence-electron chi connectivity index (χ1n) is 6.25. The Balaban J connectivity index is 1.74. The van der Waals surface area contributed by atoms with E-state index in [1.165, 1.54) is 0 Å². The third-order valence-electron chi connectivity index (χ3n) is 2.84. The number of aromatic nitrogens is 3. The summed E-state index contributed by atoms with van der Waals surface area (Å²) in [5.41, 5.74) is 1.92. The topological polar surface area (TPSA) is 59.8 Å². The second-order valence-corrected chi connectivity index (χ2v) is 4.76. The molecular weight excluding hydrogens is 288 g/mol. The second-order valence-electron chi connectivity index (χ2n) is 4.32. The van der Waals surface area contributed by atoms with Gasteiger partial charge < -0.3 is 5.32 Å². The summed E-state index contributed by atoms with van der Waals surface area (Å²) in [4.78, 5) is 16.0. The number of benzene rings is 1. The van der Waals surface area contributed by atoms with Gasteiger partial charge in [0, 0.05) is 18.1 Å². The van der Waals surface area contributed by atoms with Crippen LogP contribution < -0.4 is 5.32 Å². The van der Waals surface area contributed by atoms with Crippen LogP contribution in [0.15, 0.2) is 61.1 Å². The molecule has 3 rings (SSSR count). The Morgan fingerprint density at radius 3 is 2.57 bits per heavy atom. The fourth-order valence-corrected chi connectivity index (χ4v) is 1.97. The number of carbonyl (C=O) groups is 1. The molecule has 0 unspecified atom stereocenters. The predicted molar refractivity (Wildman–Crippen MR) is 80.8 cm³/mol. The summed E-state index contributed by atoms with van der Waals surface area (Å²) < 4.78 is 1.66. The molecule has 6 heteroatoms. The van der Waals surface area contributed by atoms with E-state index in [0.717, 1.165) is 5.69 Å². The zero-order chi connectivity index (χ0) is 14.7. The lowest BCUT2D eigenvalue weighted by Crippen LogP contribution is -2.13. The third kappa shape index (κ3) is 3.09. The number of pyridine rings is 1. The summed E-state index contributed by atoms with van der Waals surface area (Å²) in [6, 6.07) is 12.5. The highest BCUT2D eigenvalue weighted by Crippen LogP contribution is 2.15. The molecule has 104 valence electrons. The van der Waals surface area contributed by atoms with Gasteiger partial charge in [0.25, 0.3) is 5.91 Å². The van der Waals surface area contributed by atoms with Gasteiger partial charge in [0.1, 0.15) is 5.69 Å². The van der Waals surface area contributed by atoms with E-state index in [9.17, 15) is 4.79 Å². The first-order chi connectivity index (χ1) is 10.2. The van der Waals surface area contributed by atoms with Crippen LogP contribution in [0.1, 0.15) is 10.5 Å². The molecule has 0 bridgehead atoms. The first-order valence-corrected chi connectivity index (χ1v) is 6.63. The molecule has 2 heterocycles. The van der Waals surface area contributed by atoms with E-state index in [4.69, 9.17) is 11.6 Å². The van der Waals surface area contributed by atoms with E-state index in [1.54, 1.807) is 53.6 Å². The zero-order valence-corrected chi connectivity index (χ0v) is 11.7. The molecule has 0 radical (unpaired) electrons. The van der Waals surface area contributed by atoms with E-state index >= 15 is 0 Å². The standard InChI is InChI=1S/C15H11ClN4O/c16-11-9-18-20(10-11)13-6-4-12(5-7-13)19-15(21)14-3-1-2-8-17-14/h1-10H,(H,19,21). The molecule has 0 aliphatic carbocycles. The summed E-state index contributed by atoms with van der Waals surface area (Å²) in [5.74, 6) is -0.245. The van der Waals surface area contributed by atoms with Gasteiger partial charge >= 0.3 is 0 Å². The van der Waals surface area contributed by atoms with Crippen molar-refractivity contribution in [1.29, 1.82) is 0 Å². The number of nitrogens with zero attached hydrogens (tertiary/aromatic N) is 3. The molecule has 21 heavy (non-hydrogen) atoms. The van der Waals surface area contributed by atoms with E-state index in [2.05, 4.69) is 15.4 Å². The first kappa shape index (κ1) is 13.3. The van der Waals surface area contributed by atoms with Crippen molar-refractivity contribution in [2.24, 2.45) is 0 Å². The highest BCUT2D eigenvalue weighted by atomic mass is 35.5. The van der Waals surface area contributed by atoms with Crippen molar-refractivity contribution in [3.8, 4) is 5.69 Å². The van der Waals surface area contributed by atoms with Gasteiger partial charge in [-0.25, -0.2) is 4.68 Å². The molecule has 0 saturated carbocycles. The smallest absolute Gasteiger partial charge is 0.274 e. The maximum Gasteiger partial charge on any atom is 0.274 e. The molecule has 0 saturated heterocycles. The fraction of sp³-hybridized carbons (Fsp3) is 0. The monoisotopic (exact) mass is 298 g/mol. The van der Waals surface area contributed by atoms with E-state index in [-0.39, 0.29) is 5.91 Å². The Labute approximate surface area is 126 Å². The van der Waals surface area contributed by atoms with Crippen LogP contribution >= 0.6 is 11.6 Å². The Hall–Kier alpha value is -2.66. The van der Waals surface area contributed by atoms with Crippen molar-refractivity contribution >= 4 is 23.2 Å². The fourth-order valence-electron chi connectivity index (χ4n) is 1.83. The van der Waals surface area contributed by atoms with Crippen molar-refractivity contribution in [3.63, 3.8) is 0 Å². The van der Waals surface area contributed by atoms with Gasteiger partial charge in [-0.15, -0.1) is 0 Å². The van der Waals surface area contributed by atoms with Crippen LogP contribution in [0.4, 0.5) is 5.69 Å². The minimum absolute atomic E-state index is 0.245. The largest absolute Gasteiger partial charge is 0.321 e. The molecule has 0 aliphatic heterocycles. The van der Waals surface area contributed by atoms with Gasteiger partial charge in [0.05, 0.1) is 16.9 Å². The van der Waals surface area contributed by atoms with Crippen molar-refractivity contribution in [2.75, 3.05) is 5.32 Å². The summed E-state index contributed by atoms with van der Waals surface area (Å²) in [6.45, 7) is 0. The number of nitrogens with one attached hydrogen (secondary N) is 1. The van der Waals surface area contributed by atoms with Crippen LogP contribution in [-0.2, 0) is 0 Å². The quantitative estimate of drug-likeness (QED) is 0.808. The maximum absolute atomic E-state index is 12.0. The normalized spacial score (nSPS) is 10.3. The number of rotatable bonds is 3. The SMILES string of the molecule is O=C(Nc1ccc(-n2cc(Cl)cn2)cc1)c1ccccn1. The molecule has 0 fully saturated rings. The van der Waals surface area contributed by atoms with Gasteiger partial charge in [0.2, 0.25) is 0 Å². The van der Waals surface area contributed by atoms with Gasteiger partial charge in [-0.3, -0.25) is 9.78 Å². The summed E-state index contributed by atoms with van der Waals surface area (Å²) >= 11 is 5.83. The number of hydrogen-bond acceptors (Lipinski definition) is 3. The van der Waals surface area contributed by atoms with E-state index in [1.807, 2.05) is 12.1 Å². The van der Waals surface area contributed by atoms with Crippen LogP contribution in [0.25, 0.3) is 5.69 Å². The molecule has 1 N–H and O–H groups in total. The number of carbonyl (C=O) groups excluding carboxylic acids is 1. The summed E-state index contributed by atoms with van der Waals surface area (Å²) in [6.07, 6.45) is 4.86. The Morgan fingerprint density at radius 1 is 1.14 bits per heavy atom. The lowest BCUT2D eigenvalue weighted by Gasteiger charge is -2.06. The lowest BCUT2D eigenvalue weighted by molar-refractivity contribution is 0.102. The number of halogens is 1. The van der Waals surface area contributed by atoms with Crippen LogP contribution in [0.5, 0.6) is 0 Å². The van der Waals surface area contributed by atoms with Gasteiger partial charge in [-0.1, -0.05) is 17.7 Å². The predicted octanol–water partition coefficient (Wildman–Crippen LogP) is 3.17. The molecule has 0 atom stereocenters. The molecule has 0 aliphatic rings. The third-order valence-corrected chi connectivity index (χ3v) is 3.03. The van der Waals surface area contributed by atoms with E-state index < -0.39 is 0 Å². The Bertz CT molecular complexity index is 753. The van der Waals surface area contributed by atoms with Gasteiger partial charge in [-0.2, -0.15) is 5.10 Å². The van der Waals surface area contributed by atoms with Crippen LogP contribution in [-0.4, -0.2) is 20.7 Å². The molecule has 3 aromatic rings. The van der Waals surface area contributed by atoms with Crippen molar-refractivity contribution in [2.45, 2.75) is 0 Å². The number of hydrogen-bond donors (Lipinski definition) is 1. The molecule has 2 aromatic heterocycles. The van der Waals surface area contributed by atoms with Crippen LogP contribution in [0.2, 0.25) is 5.02 Å². The molecule has 1 amide bonds. The highest BCUT2D eigenvalue weighted by molar-refractivity contribution is 6.30.